The Labute approximate surface area is 232 Å². The highest BCUT2D eigenvalue weighted by atomic mass is 16.5. The smallest absolute Gasteiger partial charge is 0.357 e. The number of benzene rings is 1. The fraction of sp³-hybridized carbons (Fsp3) is 0.483. The van der Waals surface area contributed by atoms with Gasteiger partial charge >= 0.3 is 23.9 Å². The van der Waals surface area contributed by atoms with Crippen molar-refractivity contribution in [2.75, 3.05) is 32.8 Å². The van der Waals surface area contributed by atoms with Gasteiger partial charge < -0.3 is 24.4 Å². The zero-order chi connectivity index (χ0) is 28.6. The van der Waals surface area contributed by atoms with Gasteiger partial charge in [-0.05, 0) is 30.9 Å². The summed E-state index contributed by atoms with van der Waals surface area (Å²) in [4.78, 5) is 61.7. The minimum absolute atomic E-state index is 0.00527. The van der Waals surface area contributed by atoms with Crippen LogP contribution >= 0.6 is 0 Å². The first-order valence-electron chi connectivity index (χ1n) is 13.5. The lowest BCUT2D eigenvalue weighted by molar-refractivity contribution is -0.144. The Morgan fingerprint density at radius 3 is 2.40 bits per heavy atom. The lowest BCUT2D eigenvalue weighted by Gasteiger charge is -2.40. The summed E-state index contributed by atoms with van der Waals surface area (Å²) in [5.41, 5.74) is 0.115. The summed E-state index contributed by atoms with van der Waals surface area (Å²) in [5, 5.41) is 3.09. The first-order valence-corrected chi connectivity index (χ1v) is 13.5. The largest absolute Gasteiger partial charge is 0.467 e. The standard InChI is InChI=1S/C29H34N4O7/c1-5-15-32-19-14-10-9-13-18(19)29-16-20(24(34)38-2)33(28(37)30-17-11-7-6-8-12-17)27(29)31-22(26(36)40-4)21(23(29)32)25(35)39-3/h5,9-10,13-14,17,20,23H,1,6-8,11-12,15-16H2,2-4H3,(H,30,37)/t20-,23-,29-/m0/s1. The average molecular weight is 551 g/mol. The molecule has 1 spiro atoms. The van der Waals surface area contributed by atoms with Gasteiger partial charge in [-0.1, -0.05) is 43.5 Å². The van der Waals surface area contributed by atoms with Crippen molar-refractivity contribution in [3.8, 4) is 0 Å². The predicted octanol–water partition coefficient (Wildman–Crippen LogP) is 2.60. The molecule has 2 amide bonds. The highest BCUT2D eigenvalue weighted by molar-refractivity contribution is 6.17. The van der Waals surface area contributed by atoms with Gasteiger partial charge in [0.1, 0.15) is 11.9 Å². The topological polar surface area (TPSA) is 127 Å². The maximum atomic E-state index is 14.0. The number of para-hydroxylation sites is 1. The Morgan fingerprint density at radius 1 is 1.05 bits per heavy atom. The van der Waals surface area contributed by atoms with E-state index in [1.165, 1.54) is 26.2 Å². The van der Waals surface area contributed by atoms with E-state index in [4.69, 9.17) is 14.2 Å². The van der Waals surface area contributed by atoms with E-state index in [0.717, 1.165) is 43.4 Å². The number of anilines is 1. The molecule has 0 aromatic heterocycles. The summed E-state index contributed by atoms with van der Waals surface area (Å²) in [6.07, 6.45) is 6.55. The maximum absolute atomic E-state index is 14.0. The molecular weight excluding hydrogens is 516 g/mol. The number of methoxy groups -OCH3 is 3. The summed E-state index contributed by atoms with van der Waals surface area (Å²) in [5.74, 6) is -2.05. The normalized spacial score (nSPS) is 25.3. The zero-order valence-electron chi connectivity index (χ0n) is 23.0. The number of urea groups is 1. The van der Waals surface area contributed by atoms with Crippen LogP contribution in [0.4, 0.5) is 10.5 Å². The number of carbonyl (C=O) groups excluding carboxylic acids is 4. The molecule has 5 rings (SSSR count). The summed E-state index contributed by atoms with van der Waals surface area (Å²) >= 11 is 0. The van der Waals surface area contributed by atoms with Crippen LogP contribution in [-0.4, -0.2) is 80.7 Å². The average Bonchev–Trinajstić information content (AvgIpc) is 3.47. The molecule has 4 aliphatic rings. The minimum Gasteiger partial charge on any atom is -0.467 e. The predicted molar refractivity (Wildman–Crippen MR) is 146 cm³/mol. The van der Waals surface area contributed by atoms with Gasteiger partial charge in [0.2, 0.25) is 0 Å². The lowest BCUT2D eigenvalue weighted by Crippen LogP contribution is -2.57. The van der Waals surface area contributed by atoms with E-state index in [1.54, 1.807) is 6.08 Å². The lowest BCUT2D eigenvalue weighted by atomic mass is 9.69. The first kappa shape index (κ1) is 27.4. The van der Waals surface area contributed by atoms with E-state index in [9.17, 15) is 19.2 Å². The van der Waals surface area contributed by atoms with E-state index in [1.807, 2.05) is 29.2 Å². The number of likely N-dealkylation sites (tertiary alicyclic amines) is 1. The number of esters is 3. The molecule has 0 unspecified atom stereocenters. The van der Waals surface area contributed by atoms with Crippen molar-refractivity contribution >= 4 is 35.5 Å². The molecule has 212 valence electrons. The number of ether oxygens (including phenoxy) is 3. The second-order valence-corrected chi connectivity index (χ2v) is 10.4. The molecule has 11 nitrogen and oxygen atoms in total. The number of aliphatic imine (C=N–C) groups is 1. The van der Waals surface area contributed by atoms with Gasteiger partial charge in [-0.15, -0.1) is 6.58 Å². The number of rotatable bonds is 6. The third kappa shape index (κ3) is 4.06. The van der Waals surface area contributed by atoms with E-state index in [0.29, 0.717) is 6.54 Å². The SMILES string of the molecule is C=CCN1c2ccccc2[C@]23C[C@@H](C(=O)OC)N(C(=O)NC4CCCCC4)C2=NC(C(=O)OC)=C(C(=O)OC)[C@H]13. The van der Waals surface area contributed by atoms with Gasteiger partial charge in [0.15, 0.2) is 5.70 Å². The molecule has 1 aliphatic carbocycles. The molecular formula is C29H34N4O7. The quantitative estimate of drug-likeness (QED) is 0.325. The van der Waals surface area contributed by atoms with Crippen LogP contribution in [0.15, 0.2) is 53.2 Å². The molecule has 0 bridgehead atoms. The van der Waals surface area contributed by atoms with Crippen LogP contribution in [-0.2, 0) is 34.0 Å². The van der Waals surface area contributed by atoms with Gasteiger partial charge in [0.05, 0.1) is 38.4 Å². The number of amidine groups is 1. The van der Waals surface area contributed by atoms with Gasteiger partial charge in [0, 0.05) is 18.3 Å². The molecule has 3 aliphatic heterocycles. The number of nitrogens with zero attached hydrogens (tertiary/aromatic N) is 3. The number of fused-ring (bicyclic) bond motifs is 1. The maximum Gasteiger partial charge on any atom is 0.357 e. The summed E-state index contributed by atoms with van der Waals surface area (Å²) in [6, 6.07) is 5.08. The molecule has 1 N–H and O–H groups in total. The molecule has 2 fully saturated rings. The number of hydrogen-bond donors (Lipinski definition) is 1. The molecule has 11 heteroatoms. The third-order valence-corrected chi connectivity index (χ3v) is 8.41. The van der Waals surface area contributed by atoms with Crippen molar-refractivity contribution in [3.05, 3.63) is 53.8 Å². The first-order chi connectivity index (χ1) is 19.3. The Hall–Kier alpha value is -4.15. The van der Waals surface area contributed by atoms with Crippen molar-refractivity contribution in [1.29, 1.82) is 0 Å². The highest BCUT2D eigenvalue weighted by Crippen LogP contribution is 2.57. The molecule has 40 heavy (non-hydrogen) atoms. The van der Waals surface area contributed by atoms with E-state index >= 15 is 0 Å². The number of amides is 2. The molecule has 1 saturated carbocycles. The van der Waals surface area contributed by atoms with Crippen LogP contribution in [0.3, 0.4) is 0 Å². The molecule has 1 saturated heterocycles. The Bertz CT molecular complexity index is 1310. The van der Waals surface area contributed by atoms with Crippen molar-refractivity contribution in [2.45, 2.75) is 62.1 Å². The molecule has 1 aromatic rings. The van der Waals surface area contributed by atoms with E-state index in [-0.39, 0.29) is 29.6 Å². The van der Waals surface area contributed by atoms with Gasteiger partial charge in [-0.2, -0.15) is 0 Å². The second kappa shape index (κ2) is 10.8. The Balaban J connectivity index is 1.77. The summed E-state index contributed by atoms with van der Waals surface area (Å²) in [6.45, 7) is 4.21. The van der Waals surface area contributed by atoms with Crippen LogP contribution < -0.4 is 10.2 Å². The van der Waals surface area contributed by atoms with Crippen LogP contribution in [0.2, 0.25) is 0 Å². The van der Waals surface area contributed by atoms with Gasteiger partial charge in [-0.3, -0.25) is 4.90 Å². The van der Waals surface area contributed by atoms with E-state index in [2.05, 4.69) is 16.9 Å². The number of nitrogens with one attached hydrogen (secondary N) is 1. The fourth-order valence-corrected chi connectivity index (χ4v) is 6.79. The minimum atomic E-state index is -1.15. The van der Waals surface area contributed by atoms with Crippen molar-refractivity contribution < 1.29 is 33.4 Å². The monoisotopic (exact) mass is 550 g/mol. The van der Waals surface area contributed by atoms with E-state index < -0.39 is 41.4 Å². The van der Waals surface area contributed by atoms with Crippen molar-refractivity contribution in [1.82, 2.24) is 10.2 Å². The second-order valence-electron chi connectivity index (χ2n) is 10.4. The third-order valence-electron chi connectivity index (χ3n) is 8.41. The Morgan fingerprint density at radius 2 is 1.75 bits per heavy atom. The Kier molecular flexibility index (Phi) is 7.39. The van der Waals surface area contributed by atoms with Crippen LogP contribution in [0.1, 0.15) is 44.1 Å². The summed E-state index contributed by atoms with van der Waals surface area (Å²) < 4.78 is 15.4. The van der Waals surface area contributed by atoms with Crippen LogP contribution in [0.25, 0.3) is 0 Å². The zero-order valence-corrected chi connectivity index (χ0v) is 23.0. The van der Waals surface area contributed by atoms with Crippen LogP contribution in [0.5, 0.6) is 0 Å². The van der Waals surface area contributed by atoms with Crippen molar-refractivity contribution in [2.24, 2.45) is 4.99 Å². The van der Waals surface area contributed by atoms with Gasteiger partial charge in [0.25, 0.3) is 0 Å². The number of hydrogen-bond acceptors (Lipinski definition) is 9. The molecule has 3 atom stereocenters. The molecule has 1 aromatic carbocycles. The number of carbonyl (C=O) groups is 4. The molecule has 3 heterocycles. The van der Waals surface area contributed by atoms with Crippen molar-refractivity contribution in [3.63, 3.8) is 0 Å². The molecule has 0 radical (unpaired) electrons. The van der Waals surface area contributed by atoms with Gasteiger partial charge in [-0.25, -0.2) is 24.2 Å². The highest BCUT2D eigenvalue weighted by Gasteiger charge is 2.67. The van der Waals surface area contributed by atoms with Crippen LogP contribution in [0, 0.1) is 0 Å². The fourth-order valence-electron chi connectivity index (χ4n) is 6.79. The summed E-state index contributed by atoms with van der Waals surface area (Å²) in [7, 11) is 3.69.